The van der Waals surface area contributed by atoms with Crippen molar-refractivity contribution >= 4 is 17.6 Å². The Balaban J connectivity index is 2.30. The SMILES string of the molecule is NC(=O)C(C(N)=O)c1ccc(Oc2ccnc(N)c2)c(F)c1. The van der Waals surface area contributed by atoms with Gasteiger partial charge in [0.2, 0.25) is 11.8 Å². The first-order valence-electron chi connectivity index (χ1n) is 6.16. The summed E-state index contributed by atoms with van der Waals surface area (Å²) in [5.41, 5.74) is 15.7. The number of aromatic nitrogens is 1. The second-order valence-corrected chi connectivity index (χ2v) is 4.45. The fourth-order valence-electron chi connectivity index (χ4n) is 1.87. The fourth-order valence-corrected chi connectivity index (χ4v) is 1.87. The minimum absolute atomic E-state index is 0.0547. The molecule has 0 aliphatic carbocycles. The summed E-state index contributed by atoms with van der Waals surface area (Å²) >= 11 is 0. The molecule has 2 amide bonds. The zero-order valence-corrected chi connectivity index (χ0v) is 11.3. The molecule has 7 nitrogen and oxygen atoms in total. The number of hydrogen-bond acceptors (Lipinski definition) is 5. The monoisotopic (exact) mass is 304 g/mol. The number of rotatable bonds is 5. The van der Waals surface area contributed by atoms with Crippen LogP contribution in [0.1, 0.15) is 11.5 Å². The van der Waals surface area contributed by atoms with E-state index in [1.807, 2.05) is 0 Å². The van der Waals surface area contributed by atoms with Crippen LogP contribution in [0.4, 0.5) is 10.2 Å². The van der Waals surface area contributed by atoms with Crippen molar-refractivity contribution in [3.8, 4) is 11.5 Å². The van der Waals surface area contributed by atoms with Gasteiger partial charge in [-0.3, -0.25) is 9.59 Å². The minimum Gasteiger partial charge on any atom is -0.454 e. The van der Waals surface area contributed by atoms with Crippen molar-refractivity contribution in [2.24, 2.45) is 11.5 Å². The van der Waals surface area contributed by atoms with Gasteiger partial charge in [0.1, 0.15) is 17.5 Å². The van der Waals surface area contributed by atoms with E-state index in [2.05, 4.69) is 4.98 Å². The maximum atomic E-state index is 14.0. The first-order valence-corrected chi connectivity index (χ1v) is 6.16. The van der Waals surface area contributed by atoms with Crippen molar-refractivity contribution in [1.82, 2.24) is 4.98 Å². The van der Waals surface area contributed by atoms with E-state index in [4.69, 9.17) is 21.9 Å². The van der Waals surface area contributed by atoms with E-state index in [1.165, 1.54) is 30.5 Å². The molecule has 1 aromatic carbocycles. The maximum absolute atomic E-state index is 14.0. The molecule has 0 atom stereocenters. The summed E-state index contributed by atoms with van der Waals surface area (Å²) in [6, 6.07) is 6.49. The highest BCUT2D eigenvalue weighted by atomic mass is 19.1. The molecular formula is C14H13FN4O3. The molecule has 22 heavy (non-hydrogen) atoms. The average Bonchev–Trinajstić information content (AvgIpc) is 2.41. The molecule has 2 rings (SSSR count). The summed E-state index contributed by atoms with van der Waals surface area (Å²) in [7, 11) is 0. The molecule has 8 heteroatoms. The number of ether oxygens (including phenoxy) is 1. The van der Waals surface area contributed by atoms with Crippen molar-refractivity contribution in [3.63, 3.8) is 0 Å². The molecule has 0 fully saturated rings. The van der Waals surface area contributed by atoms with Crippen LogP contribution in [0.5, 0.6) is 11.5 Å². The van der Waals surface area contributed by atoms with Crippen molar-refractivity contribution in [2.75, 3.05) is 5.73 Å². The number of anilines is 1. The normalized spacial score (nSPS) is 10.5. The van der Waals surface area contributed by atoms with Crippen LogP contribution in [0.2, 0.25) is 0 Å². The van der Waals surface area contributed by atoms with E-state index in [9.17, 15) is 14.0 Å². The Labute approximate surface area is 124 Å². The lowest BCUT2D eigenvalue weighted by Gasteiger charge is -2.12. The van der Waals surface area contributed by atoms with Gasteiger partial charge in [-0.1, -0.05) is 6.07 Å². The van der Waals surface area contributed by atoms with Gasteiger partial charge in [-0.25, -0.2) is 9.37 Å². The highest BCUT2D eigenvalue weighted by Crippen LogP contribution is 2.28. The number of nitrogen functional groups attached to an aromatic ring is 1. The molecule has 0 spiro atoms. The summed E-state index contributed by atoms with van der Waals surface area (Å²) < 4.78 is 19.4. The van der Waals surface area contributed by atoms with Gasteiger partial charge in [0, 0.05) is 12.3 Å². The van der Waals surface area contributed by atoms with Crippen molar-refractivity contribution in [2.45, 2.75) is 5.92 Å². The van der Waals surface area contributed by atoms with Gasteiger partial charge in [0.25, 0.3) is 0 Å². The number of primary amides is 2. The second kappa shape index (κ2) is 6.08. The van der Waals surface area contributed by atoms with Crippen LogP contribution in [0.15, 0.2) is 36.5 Å². The third kappa shape index (κ3) is 3.29. The number of nitrogens with zero attached hydrogens (tertiary/aromatic N) is 1. The topological polar surface area (TPSA) is 134 Å². The van der Waals surface area contributed by atoms with E-state index in [1.54, 1.807) is 0 Å². The number of benzene rings is 1. The number of carbonyl (C=O) groups is 2. The van der Waals surface area contributed by atoms with Crippen LogP contribution in [0.25, 0.3) is 0 Å². The fraction of sp³-hybridized carbons (Fsp3) is 0.0714. The number of pyridine rings is 1. The van der Waals surface area contributed by atoms with Crippen LogP contribution in [0, 0.1) is 5.82 Å². The van der Waals surface area contributed by atoms with Gasteiger partial charge >= 0.3 is 0 Å². The molecule has 0 radical (unpaired) electrons. The van der Waals surface area contributed by atoms with Crippen molar-refractivity contribution in [3.05, 3.63) is 47.9 Å². The molecule has 0 bridgehead atoms. The van der Waals surface area contributed by atoms with Gasteiger partial charge in [0.05, 0.1) is 0 Å². The quantitative estimate of drug-likeness (QED) is 0.697. The Morgan fingerprint density at radius 1 is 1.14 bits per heavy atom. The van der Waals surface area contributed by atoms with Crippen LogP contribution >= 0.6 is 0 Å². The molecule has 1 aromatic heterocycles. The zero-order chi connectivity index (χ0) is 16.3. The van der Waals surface area contributed by atoms with Crippen molar-refractivity contribution < 1.29 is 18.7 Å². The molecule has 0 saturated heterocycles. The Bertz CT molecular complexity index is 722. The van der Waals surface area contributed by atoms with Crippen LogP contribution in [-0.2, 0) is 9.59 Å². The molecule has 114 valence electrons. The number of amides is 2. The zero-order valence-electron chi connectivity index (χ0n) is 11.3. The predicted molar refractivity (Wildman–Crippen MR) is 76.3 cm³/mol. The van der Waals surface area contributed by atoms with Gasteiger partial charge < -0.3 is 21.9 Å². The largest absolute Gasteiger partial charge is 0.454 e. The molecular weight excluding hydrogens is 291 g/mol. The van der Waals surface area contributed by atoms with E-state index < -0.39 is 23.5 Å². The molecule has 1 heterocycles. The second-order valence-electron chi connectivity index (χ2n) is 4.45. The van der Waals surface area contributed by atoms with E-state index in [0.717, 1.165) is 6.07 Å². The standard InChI is InChI=1S/C14H13FN4O3/c15-9-5-7(12(13(17)20)14(18)21)1-2-10(9)22-8-3-4-19-11(16)6-8/h1-6,12H,(H2,16,19)(H2,17,20)(H2,18,21). The third-order valence-corrected chi connectivity index (χ3v) is 2.84. The van der Waals surface area contributed by atoms with E-state index >= 15 is 0 Å². The smallest absolute Gasteiger partial charge is 0.234 e. The highest BCUT2D eigenvalue weighted by molar-refractivity contribution is 6.04. The first kappa shape index (κ1) is 15.2. The number of halogens is 1. The molecule has 0 unspecified atom stereocenters. The minimum atomic E-state index is -1.40. The summed E-state index contributed by atoms with van der Waals surface area (Å²) in [6.07, 6.45) is 1.41. The van der Waals surface area contributed by atoms with Crippen LogP contribution in [0.3, 0.4) is 0 Å². The van der Waals surface area contributed by atoms with Gasteiger partial charge in [-0.15, -0.1) is 0 Å². The van der Waals surface area contributed by atoms with Gasteiger partial charge in [-0.05, 0) is 23.8 Å². The average molecular weight is 304 g/mol. The summed E-state index contributed by atoms with van der Waals surface area (Å²) in [4.78, 5) is 26.2. The Morgan fingerprint density at radius 2 is 1.82 bits per heavy atom. The van der Waals surface area contributed by atoms with E-state index in [0.29, 0.717) is 5.75 Å². The third-order valence-electron chi connectivity index (χ3n) is 2.84. The molecule has 2 aromatic rings. The lowest BCUT2D eigenvalue weighted by atomic mass is 9.97. The Hall–Kier alpha value is -3.16. The molecule has 0 saturated carbocycles. The number of nitrogens with two attached hydrogens (primary N) is 3. The number of hydrogen-bond donors (Lipinski definition) is 3. The predicted octanol–water partition coefficient (Wildman–Crippen LogP) is 0.649. The molecule has 0 aliphatic rings. The van der Waals surface area contributed by atoms with Crippen LogP contribution in [-0.4, -0.2) is 16.8 Å². The van der Waals surface area contributed by atoms with Crippen LogP contribution < -0.4 is 21.9 Å². The van der Waals surface area contributed by atoms with Crippen molar-refractivity contribution in [1.29, 1.82) is 0 Å². The molecule has 6 N–H and O–H groups in total. The van der Waals surface area contributed by atoms with E-state index in [-0.39, 0.29) is 17.1 Å². The maximum Gasteiger partial charge on any atom is 0.234 e. The lowest BCUT2D eigenvalue weighted by Crippen LogP contribution is -2.33. The van der Waals surface area contributed by atoms with Gasteiger partial charge in [0.15, 0.2) is 11.6 Å². The van der Waals surface area contributed by atoms with Gasteiger partial charge in [-0.2, -0.15) is 0 Å². The summed E-state index contributed by atoms with van der Waals surface area (Å²) in [5.74, 6) is -3.69. The lowest BCUT2D eigenvalue weighted by molar-refractivity contribution is -0.128. The highest BCUT2D eigenvalue weighted by Gasteiger charge is 2.25. The number of carbonyl (C=O) groups excluding carboxylic acids is 2. The first-order chi connectivity index (χ1) is 10.4. The Kier molecular flexibility index (Phi) is 4.21. The molecule has 0 aliphatic heterocycles. The summed E-state index contributed by atoms with van der Waals surface area (Å²) in [5, 5.41) is 0. The summed E-state index contributed by atoms with van der Waals surface area (Å²) in [6.45, 7) is 0. The Morgan fingerprint density at radius 3 is 2.36 bits per heavy atom.